The molecular weight excluding hydrogens is 471 g/mol. The van der Waals surface area contributed by atoms with Crippen molar-refractivity contribution in [3.05, 3.63) is 58.1 Å². The molecule has 0 bridgehead atoms. The number of nitrogens with one attached hydrogen (secondary N) is 1. The third kappa shape index (κ3) is 5.29. The molecule has 174 valence electrons. The Hall–Kier alpha value is -3.08. The van der Waals surface area contributed by atoms with Gasteiger partial charge in [0.25, 0.3) is 11.8 Å². The number of ether oxygens (including phenoxy) is 2. The van der Waals surface area contributed by atoms with Crippen LogP contribution in [0, 0.1) is 0 Å². The van der Waals surface area contributed by atoms with Crippen LogP contribution >= 0.6 is 23.2 Å². The lowest BCUT2D eigenvalue weighted by Crippen LogP contribution is -2.41. The van der Waals surface area contributed by atoms with Crippen LogP contribution in [-0.4, -0.2) is 62.6 Å². The van der Waals surface area contributed by atoms with E-state index in [2.05, 4.69) is 15.5 Å². The van der Waals surface area contributed by atoms with Gasteiger partial charge in [-0.05, 0) is 31.2 Å². The van der Waals surface area contributed by atoms with E-state index in [-0.39, 0.29) is 18.3 Å². The van der Waals surface area contributed by atoms with Crippen LogP contribution in [0.2, 0.25) is 10.0 Å². The SMILES string of the molecule is CCn1ncc(NC(=O)c2ccn(COc3ccc(Cl)cc3Cl)n2)c1C(=O)N1CCOCC1. The Kier molecular flexibility index (Phi) is 7.17. The molecule has 1 aliphatic heterocycles. The summed E-state index contributed by atoms with van der Waals surface area (Å²) in [5, 5.41) is 12.1. The van der Waals surface area contributed by atoms with Gasteiger partial charge in [-0.15, -0.1) is 0 Å². The molecule has 0 spiro atoms. The highest BCUT2D eigenvalue weighted by molar-refractivity contribution is 6.35. The van der Waals surface area contributed by atoms with Crippen molar-refractivity contribution in [1.29, 1.82) is 0 Å². The molecule has 0 unspecified atom stereocenters. The minimum atomic E-state index is -0.468. The normalized spacial score (nSPS) is 13.7. The number of anilines is 1. The van der Waals surface area contributed by atoms with Gasteiger partial charge in [-0.25, -0.2) is 4.68 Å². The van der Waals surface area contributed by atoms with Crippen LogP contribution in [-0.2, 0) is 18.0 Å². The van der Waals surface area contributed by atoms with Crippen molar-refractivity contribution in [3.63, 3.8) is 0 Å². The molecule has 1 fully saturated rings. The molecule has 1 aromatic carbocycles. The molecule has 4 rings (SSSR count). The number of aryl methyl sites for hydroxylation is 1. The number of hydrogen-bond acceptors (Lipinski definition) is 6. The van der Waals surface area contributed by atoms with Gasteiger partial charge in [0.05, 0.1) is 30.1 Å². The number of hydrogen-bond donors (Lipinski definition) is 1. The van der Waals surface area contributed by atoms with Gasteiger partial charge in [0, 0.05) is 30.9 Å². The second-order valence-electron chi connectivity index (χ2n) is 7.17. The largest absolute Gasteiger partial charge is 0.470 e. The molecule has 1 saturated heterocycles. The summed E-state index contributed by atoms with van der Waals surface area (Å²) in [6.45, 7) is 4.35. The van der Waals surface area contributed by atoms with Crippen molar-refractivity contribution in [1.82, 2.24) is 24.5 Å². The lowest BCUT2D eigenvalue weighted by Gasteiger charge is -2.27. The molecule has 10 nitrogen and oxygen atoms in total. The van der Waals surface area contributed by atoms with Gasteiger partial charge in [-0.1, -0.05) is 23.2 Å². The average Bonchev–Trinajstić information content (AvgIpc) is 3.45. The van der Waals surface area contributed by atoms with Gasteiger partial charge < -0.3 is 19.7 Å². The molecule has 3 aromatic rings. The van der Waals surface area contributed by atoms with E-state index in [4.69, 9.17) is 32.7 Å². The Morgan fingerprint density at radius 1 is 1.21 bits per heavy atom. The van der Waals surface area contributed by atoms with Crippen LogP contribution in [0.3, 0.4) is 0 Å². The summed E-state index contributed by atoms with van der Waals surface area (Å²) < 4.78 is 14.0. The highest BCUT2D eigenvalue weighted by Gasteiger charge is 2.26. The molecule has 0 radical (unpaired) electrons. The summed E-state index contributed by atoms with van der Waals surface area (Å²) in [6, 6.07) is 6.44. The zero-order valence-corrected chi connectivity index (χ0v) is 19.3. The van der Waals surface area contributed by atoms with E-state index in [0.29, 0.717) is 60.0 Å². The lowest BCUT2D eigenvalue weighted by atomic mass is 10.2. The zero-order chi connectivity index (χ0) is 23.4. The third-order valence-electron chi connectivity index (χ3n) is 5.01. The first-order chi connectivity index (χ1) is 16.0. The number of carbonyl (C=O) groups excluding carboxylic acids is 2. The van der Waals surface area contributed by atoms with Crippen molar-refractivity contribution >= 4 is 40.7 Å². The van der Waals surface area contributed by atoms with E-state index in [1.165, 1.54) is 10.9 Å². The quantitative estimate of drug-likeness (QED) is 0.543. The molecule has 2 amide bonds. The fourth-order valence-corrected chi connectivity index (χ4v) is 3.79. The highest BCUT2D eigenvalue weighted by atomic mass is 35.5. The first kappa shape index (κ1) is 23.1. The van der Waals surface area contributed by atoms with Gasteiger partial charge in [0.15, 0.2) is 12.4 Å². The van der Waals surface area contributed by atoms with Gasteiger partial charge in [-0.2, -0.15) is 10.2 Å². The van der Waals surface area contributed by atoms with Crippen LogP contribution in [0.5, 0.6) is 5.75 Å². The van der Waals surface area contributed by atoms with E-state index in [1.54, 1.807) is 40.0 Å². The topological polar surface area (TPSA) is 104 Å². The maximum absolute atomic E-state index is 13.1. The molecule has 0 atom stereocenters. The van der Waals surface area contributed by atoms with Crippen molar-refractivity contribution in [2.75, 3.05) is 31.6 Å². The first-order valence-electron chi connectivity index (χ1n) is 10.3. The number of amides is 2. The molecule has 0 saturated carbocycles. The summed E-state index contributed by atoms with van der Waals surface area (Å²) >= 11 is 12.0. The number of benzene rings is 1. The second kappa shape index (κ2) is 10.2. The number of halogens is 2. The van der Waals surface area contributed by atoms with E-state index in [9.17, 15) is 9.59 Å². The smallest absolute Gasteiger partial charge is 0.276 e. The van der Waals surface area contributed by atoms with Crippen LogP contribution in [0.4, 0.5) is 5.69 Å². The van der Waals surface area contributed by atoms with E-state index < -0.39 is 5.91 Å². The van der Waals surface area contributed by atoms with E-state index >= 15 is 0 Å². The molecule has 3 heterocycles. The van der Waals surface area contributed by atoms with Gasteiger partial charge in [0.2, 0.25) is 0 Å². The number of carbonyl (C=O) groups is 2. The third-order valence-corrected chi connectivity index (χ3v) is 5.54. The maximum Gasteiger partial charge on any atom is 0.276 e. The molecule has 12 heteroatoms. The molecule has 2 aromatic heterocycles. The average molecular weight is 493 g/mol. The number of morpholine rings is 1. The van der Waals surface area contributed by atoms with Gasteiger partial charge in [-0.3, -0.25) is 14.3 Å². The number of aromatic nitrogens is 4. The molecule has 1 aliphatic rings. The van der Waals surface area contributed by atoms with E-state index in [0.717, 1.165) is 0 Å². The van der Waals surface area contributed by atoms with Crippen molar-refractivity contribution in [3.8, 4) is 5.75 Å². The Balaban J connectivity index is 1.44. The summed E-state index contributed by atoms with van der Waals surface area (Å²) in [6.07, 6.45) is 3.08. The minimum absolute atomic E-state index is 0.0448. The van der Waals surface area contributed by atoms with Crippen LogP contribution in [0.15, 0.2) is 36.7 Å². The van der Waals surface area contributed by atoms with Crippen molar-refractivity contribution in [2.45, 2.75) is 20.2 Å². The van der Waals surface area contributed by atoms with E-state index in [1.807, 2.05) is 6.92 Å². The second-order valence-corrected chi connectivity index (χ2v) is 8.01. The van der Waals surface area contributed by atoms with Crippen molar-refractivity contribution < 1.29 is 19.1 Å². The first-order valence-corrected chi connectivity index (χ1v) is 11.1. The Labute approximate surface area is 200 Å². The van der Waals surface area contributed by atoms with Crippen LogP contribution in [0.25, 0.3) is 0 Å². The predicted molar refractivity (Wildman–Crippen MR) is 122 cm³/mol. The predicted octanol–water partition coefficient (Wildman–Crippen LogP) is 3.17. The van der Waals surface area contributed by atoms with Crippen LogP contribution < -0.4 is 10.1 Å². The number of rotatable bonds is 7. The molecular formula is C21H22Cl2N6O4. The summed E-state index contributed by atoms with van der Waals surface area (Å²) in [7, 11) is 0. The summed E-state index contributed by atoms with van der Waals surface area (Å²) in [5.41, 5.74) is 0.819. The lowest BCUT2D eigenvalue weighted by molar-refractivity contribution is 0.0295. The number of nitrogens with zero attached hydrogens (tertiary/aromatic N) is 5. The monoisotopic (exact) mass is 492 g/mol. The molecule has 33 heavy (non-hydrogen) atoms. The fourth-order valence-electron chi connectivity index (χ4n) is 3.33. The maximum atomic E-state index is 13.1. The van der Waals surface area contributed by atoms with Gasteiger partial charge in [0.1, 0.15) is 11.4 Å². The highest BCUT2D eigenvalue weighted by Crippen LogP contribution is 2.27. The molecule has 1 N–H and O–H groups in total. The standard InChI is InChI=1S/C21H22Cl2N6O4/c1-2-29-19(21(31)27-7-9-32-10-8-27)17(12-24-29)25-20(30)16-5-6-28(26-16)13-33-18-4-3-14(22)11-15(18)23/h3-6,11-12H,2,7-10,13H2,1H3,(H,25,30). The summed E-state index contributed by atoms with van der Waals surface area (Å²) in [4.78, 5) is 27.5. The zero-order valence-electron chi connectivity index (χ0n) is 17.8. The van der Waals surface area contributed by atoms with Gasteiger partial charge >= 0.3 is 0 Å². The van der Waals surface area contributed by atoms with Crippen molar-refractivity contribution in [2.24, 2.45) is 0 Å². The Bertz CT molecular complexity index is 1160. The fraction of sp³-hybridized carbons (Fsp3) is 0.333. The molecule has 0 aliphatic carbocycles. The Morgan fingerprint density at radius 2 is 2.00 bits per heavy atom. The summed E-state index contributed by atoms with van der Waals surface area (Å²) in [5.74, 6) is -0.225. The Morgan fingerprint density at radius 3 is 2.73 bits per heavy atom. The van der Waals surface area contributed by atoms with Crippen LogP contribution in [0.1, 0.15) is 27.9 Å². The minimum Gasteiger partial charge on any atom is -0.470 e.